The maximum Gasteiger partial charge on any atom is 0.408 e. The lowest BCUT2D eigenvalue weighted by atomic mass is 9.64. The van der Waals surface area contributed by atoms with Gasteiger partial charge in [0.2, 0.25) is 0 Å². The summed E-state index contributed by atoms with van der Waals surface area (Å²) in [5.74, 6) is -1.23. The molecule has 5 rings (SSSR count). The van der Waals surface area contributed by atoms with Crippen LogP contribution in [0.5, 0.6) is 0 Å². The van der Waals surface area contributed by atoms with Gasteiger partial charge in [-0.25, -0.2) is 4.79 Å². The highest BCUT2D eigenvalue weighted by molar-refractivity contribution is 8.00. The van der Waals surface area contributed by atoms with Gasteiger partial charge in [0, 0.05) is 18.2 Å². The fourth-order valence-electron chi connectivity index (χ4n) is 7.04. The van der Waals surface area contributed by atoms with E-state index in [0.717, 1.165) is 27.8 Å². The van der Waals surface area contributed by atoms with Crippen LogP contribution in [0.2, 0.25) is 0 Å². The summed E-state index contributed by atoms with van der Waals surface area (Å²) < 4.78 is 10.4. The van der Waals surface area contributed by atoms with Crippen molar-refractivity contribution in [2.45, 2.75) is 56.9 Å². The molecule has 3 atom stereocenters. The number of thioether (sulfide) groups is 1. The Kier molecular flexibility index (Phi) is 11.9. The maximum absolute atomic E-state index is 15.1. The zero-order valence-corrected chi connectivity index (χ0v) is 30.4. The molecule has 2 N–H and O–H groups in total. The van der Waals surface area contributed by atoms with Gasteiger partial charge in [0.05, 0.1) is 17.3 Å². The van der Waals surface area contributed by atoms with Gasteiger partial charge in [0.15, 0.2) is 5.78 Å². The number of Topliss-reactive ketones (excluding diaryl/α,β-unsaturated/α-hetero) is 1. The lowest BCUT2D eigenvalue weighted by Crippen LogP contribution is -2.59. The van der Waals surface area contributed by atoms with Gasteiger partial charge >= 0.3 is 12.1 Å². The van der Waals surface area contributed by atoms with E-state index in [1.54, 1.807) is 32.5 Å². The summed E-state index contributed by atoms with van der Waals surface area (Å²) >= 11 is 1.58. The average molecular weight is 693 g/mol. The van der Waals surface area contributed by atoms with E-state index in [-0.39, 0.29) is 18.1 Å². The lowest BCUT2D eigenvalue weighted by Gasteiger charge is -2.43. The van der Waals surface area contributed by atoms with Crippen LogP contribution in [0.25, 0.3) is 0 Å². The Morgan fingerprint density at radius 3 is 1.86 bits per heavy atom. The molecule has 262 valence electrons. The van der Waals surface area contributed by atoms with Crippen molar-refractivity contribution in [2.24, 2.45) is 11.3 Å². The van der Waals surface area contributed by atoms with E-state index in [1.165, 1.54) is 7.11 Å². The van der Waals surface area contributed by atoms with Crippen molar-refractivity contribution in [1.29, 1.82) is 0 Å². The van der Waals surface area contributed by atoms with Crippen molar-refractivity contribution < 1.29 is 23.9 Å². The quantitative estimate of drug-likeness (QED) is 0.117. The molecular formula is C42H48N2O5S. The van der Waals surface area contributed by atoms with Crippen LogP contribution >= 0.6 is 11.8 Å². The van der Waals surface area contributed by atoms with Gasteiger partial charge in [-0.15, -0.1) is 11.8 Å². The number of aryl methyl sites for hydroxylation is 1. The van der Waals surface area contributed by atoms with E-state index in [0.29, 0.717) is 19.4 Å². The molecule has 0 radical (unpaired) electrons. The average Bonchev–Trinajstić information content (AvgIpc) is 3.12. The molecule has 1 heterocycles. The first-order valence-corrected chi connectivity index (χ1v) is 18.2. The third-order valence-electron chi connectivity index (χ3n) is 9.51. The Labute approximate surface area is 300 Å². The minimum Gasteiger partial charge on any atom is -0.469 e. The van der Waals surface area contributed by atoms with Crippen LogP contribution in [0.4, 0.5) is 4.79 Å². The van der Waals surface area contributed by atoms with E-state index in [1.807, 2.05) is 85.8 Å². The minimum absolute atomic E-state index is 0.203. The maximum atomic E-state index is 15.1. The summed E-state index contributed by atoms with van der Waals surface area (Å²) in [4.78, 5) is 42.5. The molecule has 0 spiro atoms. The van der Waals surface area contributed by atoms with Crippen molar-refractivity contribution in [1.82, 2.24) is 10.6 Å². The van der Waals surface area contributed by atoms with Crippen LogP contribution in [0.1, 0.15) is 55.0 Å². The third-order valence-corrected chi connectivity index (χ3v) is 11.1. The smallest absolute Gasteiger partial charge is 0.408 e. The first-order valence-electron chi connectivity index (χ1n) is 17.2. The summed E-state index contributed by atoms with van der Waals surface area (Å²) in [5, 5.41) is 6.32. The number of hydrogen-bond acceptors (Lipinski definition) is 7. The van der Waals surface area contributed by atoms with Gasteiger partial charge in [0.25, 0.3) is 0 Å². The Morgan fingerprint density at radius 1 is 0.840 bits per heavy atom. The largest absolute Gasteiger partial charge is 0.469 e. The molecule has 4 aromatic rings. The number of rotatable bonds is 12. The Hall–Kier alpha value is -4.40. The number of benzene rings is 4. The SMILES string of the molecule is COC(=O)C1(Cc2ccccc2C)CCNCC1C(=O)[C@H](CSC(c1ccccc1)(c1ccccc1)c1ccccc1)NC(=O)OC(C)(C)C. The molecule has 1 fully saturated rings. The molecule has 4 aromatic carbocycles. The fraction of sp³-hybridized carbons (Fsp3) is 0.357. The Bertz CT molecular complexity index is 1650. The van der Waals surface area contributed by atoms with Crippen LogP contribution in [-0.4, -0.2) is 55.4 Å². The second-order valence-electron chi connectivity index (χ2n) is 13.9. The molecule has 1 saturated heterocycles. The number of ketones is 1. The standard InChI is InChI=1S/C42H48N2O5S/c1-30-17-15-16-18-31(30)27-41(38(46)48-5)25-26-43-28-35(41)37(45)36(44-39(47)49-40(2,3)4)29-50-42(32-19-9-6-10-20-32,33-21-11-7-12-22-33)34-23-13-8-14-24-34/h6-24,35-36,43H,25-29H2,1-5H3,(H,44,47)/t35?,36-,41?/m0/s1. The highest BCUT2D eigenvalue weighted by atomic mass is 32.2. The first kappa shape index (κ1) is 36.9. The number of ether oxygens (including phenoxy) is 2. The van der Waals surface area contributed by atoms with E-state index in [9.17, 15) is 9.59 Å². The Morgan fingerprint density at radius 2 is 1.36 bits per heavy atom. The predicted octanol–water partition coefficient (Wildman–Crippen LogP) is 7.49. The van der Waals surface area contributed by atoms with Gasteiger partial charge in [-0.3, -0.25) is 9.59 Å². The number of amides is 1. The zero-order chi connectivity index (χ0) is 35.8. The van der Waals surface area contributed by atoms with E-state index >= 15 is 4.79 Å². The topological polar surface area (TPSA) is 93.7 Å². The number of carbonyl (C=O) groups excluding carboxylic acids is 3. The van der Waals surface area contributed by atoms with Crippen molar-refractivity contribution >= 4 is 29.6 Å². The highest BCUT2D eigenvalue weighted by Gasteiger charge is 2.53. The molecule has 50 heavy (non-hydrogen) atoms. The number of carbonyl (C=O) groups is 3. The molecule has 1 amide bonds. The number of esters is 1. The van der Waals surface area contributed by atoms with Crippen LogP contribution in [0.3, 0.4) is 0 Å². The van der Waals surface area contributed by atoms with Gasteiger partial charge in [0.1, 0.15) is 11.6 Å². The number of alkyl carbamates (subject to hydrolysis) is 1. The zero-order valence-electron chi connectivity index (χ0n) is 29.6. The number of hydrogen-bond donors (Lipinski definition) is 2. The molecule has 7 nitrogen and oxygen atoms in total. The van der Waals surface area contributed by atoms with Gasteiger partial charge < -0.3 is 20.1 Å². The monoisotopic (exact) mass is 692 g/mol. The van der Waals surface area contributed by atoms with Crippen LogP contribution in [-0.2, 0) is 30.2 Å². The lowest BCUT2D eigenvalue weighted by molar-refractivity contribution is -0.162. The van der Waals surface area contributed by atoms with Crippen molar-refractivity contribution in [3.05, 3.63) is 143 Å². The molecule has 1 aliphatic heterocycles. The number of piperidine rings is 1. The fourth-order valence-corrected chi connectivity index (χ4v) is 8.62. The first-order chi connectivity index (χ1) is 24.0. The minimum atomic E-state index is -1.13. The number of methoxy groups -OCH3 is 1. The normalized spacial score (nSPS) is 18.5. The van der Waals surface area contributed by atoms with Crippen molar-refractivity contribution in [2.75, 3.05) is 26.0 Å². The molecule has 0 bridgehead atoms. The van der Waals surface area contributed by atoms with Gasteiger partial charge in [-0.1, -0.05) is 115 Å². The summed E-state index contributed by atoms with van der Waals surface area (Å²) in [7, 11) is 1.38. The van der Waals surface area contributed by atoms with E-state index < -0.39 is 39.8 Å². The van der Waals surface area contributed by atoms with Crippen LogP contribution in [0, 0.1) is 18.3 Å². The molecule has 0 saturated carbocycles. The molecular weight excluding hydrogens is 645 g/mol. The van der Waals surface area contributed by atoms with Crippen molar-refractivity contribution in [3.63, 3.8) is 0 Å². The van der Waals surface area contributed by atoms with Crippen LogP contribution < -0.4 is 10.6 Å². The predicted molar refractivity (Wildman–Crippen MR) is 200 cm³/mol. The number of nitrogens with one attached hydrogen (secondary N) is 2. The van der Waals surface area contributed by atoms with Crippen molar-refractivity contribution in [3.8, 4) is 0 Å². The molecule has 2 unspecified atom stereocenters. The van der Waals surface area contributed by atoms with Crippen LogP contribution in [0.15, 0.2) is 115 Å². The van der Waals surface area contributed by atoms with E-state index in [4.69, 9.17) is 9.47 Å². The van der Waals surface area contributed by atoms with Gasteiger partial charge in [-0.2, -0.15) is 0 Å². The summed E-state index contributed by atoms with van der Waals surface area (Å²) in [6, 6.07) is 37.6. The summed E-state index contributed by atoms with van der Waals surface area (Å²) in [5.41, 5.74) is 3.23. The van der Waals surface area contributed by atoms with Gasteiger partial charge in [-0.05, 0) is 74.9 Å². The summed E-state index contributed by atoms with van der Waals surface area (Å²) in [6.07, 6.45) is 0.0738. The van der Waals surface area contributed by atoms with E-state index in [2.05, 4.69) is 47.0 Å². The second-order valence-corrected chi connectivity index (χ2v) is 15.2. The molecule has 1 aliphatic rings. The molecule has 0 aliphatic carbocycles. The third kappa shape index (κ3) is 8.14. The Balaban J connectivity index is 1.61. The highest BCUT2D eigenvalue weighted by Crippen LogP contribution is 2.49. The second kappa shape index (κ2) is 16.1. The molecule has 0 aromatic heterocycles. The molecule has 8 heteroatoms. The summed E-state index contributed by atoms with van der Waals surface area (Å²) in [6.45, 7) is 8.22.